The van der Waals surface area contributed by atoms with E-state index >= 15 is 0 Å². The molecule has 0 aromatic heterocycles. The Hall–Kier alpha value is -3.06. The van der Waals surface area contributed by atoms with Crippen molar-refractivity contribution in [3.63, 3.8) is 0 Å². The minimum Gasteiger partial charge on any atom is -0.494 e. The number of amides is 2. The summed E-state index contributed by atoms with van der Waals surface area (Å²) < 4.78 is 5.65. The van der Waals surface area contributed by atoms with Crippen molar-refractivity contribution in [3.05, 3.63) is 64.7 Å². The van der Waals surface area contributed by atoms with Crippen molar-refractivity contribution in [2.24, 2.45) is 5.92 Å². The molecule has 2 aromatic rings. The molecule has 0 spiro atoms. The van der Waals surface area contributed by atoms with Crippen LogP contribution in [0.3, 0.4) is 0 Å². The molecule has 0 aliphatic carbocycles. The maximum absolute atomic E-state index is 12.6. The van der Waals surface area contributed by atoms with Crippen molar-refractivity contribution >= 4 is 29.4 Å². The van der Waals surface area contributed by atoms with E-state index < -0.39 is 12.0 Å². The maximum Gasteiger partial charge on any atom is 0.326 e. The summed E-state index contributed by atoms with van der Waals surface area (Å²) in [4.78, 5) is 38.9. The summed E-state index contributed by atoms with van der Waals surface area (Å²) in [6, 6.07) is 13.9. The van der Waals surface area contributed by atoms with Crippen LogP contribution in [0.25, 0.3) is 0 Å². The number of benzene rings is 2. The lowest BCUT2D eigenvalue weighted by Gasteiger charge is -2.32. The molecule has 200 valence electrons. The highest BCUT2D eigenvalue weighted by Gasteiger charge is 2.26. The first kappa shape index (κ1) is 28.5. The zero-order valence-corrected chi connectivity index (χ0v) is 22.2. The van der Waals surface area contributed by atoms with E-state index in [9.17, 15) is 19.5 Å². The Labute approximate surface area is 224 Å². The monoisotopic (exact) mass is 528 g/mol. The number of ether oxygens (including phenoxy) is 1. The Balaban J connectivity index is 1.40. The summed E-state index contributed by atoms with van der Waals surface area (Å²) in [5.41, 5.74) is 1.90. The van der Waals surface area contributed by atoms with E-state index in [1.165, 1.54) is 0 Å². The van der Waals surface area contributed by atoms with Crippen LogP contribution in [0, 0.1) is 5.92 Å². The number of carbonyl (C=O) groups is 3. The van der Waals surface area contributed by atoms with E-state index in [0.717, 1.165) is 42.6 Å². The minimum atomic E-state index is -1.06. The number of carboxylic acids is 1. The molecular weight excluding hydrogens is 492 g/mol. The molecule has 1 aliphatic rings. The lowest BCUT2D eigenvalue weighted by atomic mass is 9.92. The van der Waals surface area contributed by atoms with Crippen molar-refractivity contribution in [3.8, 4) is 5.75 Å². The Kier molecular flexibility index (Phi) is 11.3. The second-order valence-corrected chi connectivity index (χ2v) is 10.1. The fourth-order valence-corrected chi connectivity index (χ4v) is 4.58. The number of unbranched alkanes of at least 4 members (excludes halogenated alkanes) is 1. The normalized spacial score (nSPS) is 14.7. The smallest absolute Gasteiger partial charge is 0.326 e. The molecule has 7 nitrogen and oxygen atoms in total. The van der Waals surface area contributed by atoms with E-state index in [4.69, 9.17) is 16.3 Å². The fourth-order valence-electron chi connectivity index (χ4n) is 4.45. The zero-order valence-electron chi connectivity index (χ0n) is 21.5. The summed E-state index contributed by atoms with van der Waals surface area (Å²) in [7, 11) is 0. The van der Waals surface area contributed by atoms with Crippen LogP contribution in [0.5, 0.6) is 5.75 Å². The number of likely N-dealkylation sites (tertiary alicyclic amines) is 1. The van der Waals surface area contributed by atoms with Crippen LogP contribution in [-0.2, 0) is 27.2 Å². The van der Waals surface area contributed by atoms with Crippen LogP contribution in [0.2, 0.25) is 5.02 Å². The van der Waals surface area contributed by atoms with Crippen molar-refractivity contribution in [1.82, 2.24) is 10.2 Å². The molecule has 2 N–H and O–H groups in total. The highest BCUT2D eigenvalue weighted by atomic mass is 35.5. The maximum atomic E-state index is 12.6. The van der Waals surface area contributed by atoms with Crippen molar-refractivity contribution < 1.29 is 24.2 Å². The third kappa shape index (κ3) is 9.73. The zero-order chi connectivity index (χ0) is 26.6. The summed E-state index contributed by atoms with van der Waals surface area (Å²) in [5.74, 6) is -0.319. The third-order valence-electron chi connectivity index (χ3n) is 6.75. The van der Waals surface area contributed by atoms with E-state index in [1.54, 1.807) is 0 Å². The van der Waals surface area contributed by atoms with Gasteiger partial charge in [0.1, 0.15) is 11.8 Å². The van der Waals surface area contributed by atoms with Gasteiger partial charge >= 0.3 is 5.97 Å². The van der Waals surface area contributed by atoms with Crippen LogP contribution in [0.1, 0.15) is 56.6 Å². The van der Waals surface area contributed by atoms with Gasteiger partial charge in [0, 0.05) is 37.4 Å². The van der Waals surface area contributed by atoms with Gasteiger partial charge in [-0.05, 0) is 67.0 Å². The SMILES string of the molecule is CCCCOc1ccc(C[C@H](NC(=O)CC2CCN(C(=O)CCc3ccc(Cl)cc3)CC2)C(=O)O)cc1. The number of hydrogen-bond acceptors (Lipinski definition) is 4. The van der Waals surface area contributed by atoms with Gasteiger partial charge in [0.15, 0.2) is 0 Å². The summed E-state index contributed by atoms with van der Waals surface area (Å²) in [6.07, 6.45) is 5.09. The van der Waals surface area contributed by atoms with Crippen LogP contribution in [0.4, 0.5) is 0 Å². The van der Waals surface area contributed by atoms with Crippen molar-refractivity contribution in [2.75, 3.05) is 19.7 Å². The highest BCUT2D eigenvalue weighted by molar-refractivity contribution is 6.30. The number of hydrogen-bond donors (Lipinski definition) is 2. The Morgan fingerprint density at radius 1 is 1.05 bits per heavy atom. The van der Waals surface area contributed by atoms with Crippen LogP contribution in [-0.4, -0.2) is 53.5 Å². The molecule has 2 aromatic carbocycles. The number of carbonyl (C=O) groups excluding carboxylic acids is 2. The summed E-state index contributed by atoms with van der Waals surface area (Å²) in [6.45, 7) is 3.99. The number of aryl methyl sites for hydroxylation is 1. The molecule has 1 atom stereocenters. The highest BCUT2D eigenvalue weighted by Crippen LogP contribution is 2.22. The van der Waals surface area contributed by atoms with Gasteiger partial charge in [0.2, 0.25) is 11.8 Å². The standard InChI is InChI=1S/C29H37ClN2O5/c1-2-3-18-37-25-11-6-22(7-12-25)19-26(29(35)36)31-27(33)20-23-14-16-32(17-15-23)28(34)13-8-21-4-9-24(30)10-5-21/h4-7,9-12,23,26H,2-3,8,13-20H2,1H3,(H,31,33)(H,35,36)/t26-/m0/s1. The Morgan fingerprint density at radius 3 is 2.32 bits per heavy atom. The predicted molar refractivity (Wildman–Crippen MR) is 144 cm³/mol. The van der Waals surface area contributed by atoms with Gasteiger partial charge < -0.3 is 20.1 Å². The molecule has 8 heteroatoms. The van der Waals surface area contributed by atoms with Gasteiger partial charge in [-0.25, -0.2) is 4.79 Å². The van der Waals surface area contributed by atoms with Gasteiger partial charge in [0.25, 0.3) is 0 Å². The fraction of sp³-hybridized carbons (Fsp3) is 0.483. The Bertz CT molecular complexity index is 1020. The second-order valence-electron chi connectivity index (χ2n) is 9.66. The van der Waals surface area contributed by atoms with Gasteiger partial charge in [-0.2, -0.15) is 0 Å². The van der Waals surface area contributed by atoms with E-state index in [0.29, 0.717) is 37.6 Å². The van der Waals surface area contributed by atoms with Crippen LogP contribution < -0.4 is 10.1 Å². The Morgan fingerprint density at radius 2 is 1.70 bits per heavy atom. The number of halogens is 1. The molecule has 2 amide bonds. The van der Waals surface area contributed by atoms with Crippen molar-refractivity contribution in [1.29, 1.82) is 0 Å². The first-order valence-electron chi connectivity index (χ1n) is 13.1. The lowest BCUT2D eigenvalue weighted by molar-refractivity contribution is -0.142. The molecule has 1 heterocycles. The summed E-state index contributed by atoms with van der Waals surface area (Å²) >= 11 is 5.91. The molecule has 0 bridgehead atoms. The first-order chi connectivity index (χ1) is 17.8. The van der Waals surface area contributed by atoms with Crippen LogP contribution in [0.15, 0.2) is 48.5 Å². The van der Waals surface area contributed by atoms with Gasteiger partial charge in [-0.15, -0.1) is 0 Å². The molecule has 37 heavy (non-hydrogen) atoms. The first-order valence-corrected chi connectivity index (χ1v) is 13.5. The van der Waals surface area contributed by atoms with Gasteiger partial charge in [-0.1, -0.05) is 49.2 Å². The van der Waals surface area contributed by atoms with Gasteiger partial charge in [0.05, 0.1) is 6.61 Å². The third-order valence-corrected chi connectivity index (χ3v) is 7.00. The minimum absolute atomic E-state index is 0.116. The second kappa shape index (κ2) is 14.6. The molecule has 1 aliphatic heterocycles. The number of piperidine rings is 1. The number of carboxylic acid groups (broad SMARTS) is 1. The molecule has 3 rings (SSSR count). The van der Waals surface area contributed by atoms with Crippen LogP contribution >= 0.6 is 11.6 Å². The molecule has 1 fully saturated rings. The lowest BCUT2D eigenvalue weighted by Crippen LogP contribution is -2.44. The van der Waals surface area contributed by atoms with E-state index in [-0.39, 0.29) is 30.6 Å². The molecular formula is C29H37ClN2O5. The number of rotatable bonds is 13. The van der Waals surface area contributed by atoms with Gasteiger partial charge in [-0.3, -0.25) is 9.59 Å². The average Bonchev–Trinajstić information content (AvgIpc) is 2.89. The largest absolute Gasteiger partial charge is 0.494 e. The molecule has 0 saturated carbocycles. The average molecular weight is 529 g/mol. The number of nitrogens with zero attached hydrogens (tertiary/aromatic N) is 1. The molecule has 1 saturated heterocycles. The number of nitrogens with one attached hydrogen (secondary N) is 1. The van der Waals surface area contributed by atoms with Crippen molar-refractivity contribution in [2.45, 2.75) is 64.3 Å². The topological polar surface area (TPSA) is 95.9 Å². The van der Waals surface area contributed by atoms with E-state index in [1.807, 2.05) is 53.4 Å². The van der Waals surface area contributed by atoms with E-state index in [2.05, 4.69) is 12.2 Å². The summed E-state index contributed by atoms with van der Waals surface area (Å²) in [5, 5.41) is 13.0. The predicted octanol–water partition coefficient (Wildman–Crippen LogP) is 4.89. The molecule has 0 radical (unpaired) electrons. The quantitative estimate of drug-likeness (QED) is 0.361. The molecule has 0 unspecified atom stereocenters. The number of aliphatic carboxylic acids is 1.